The van der Waals surface area contributed by atoms with Crippen LogP contribution < -0.4 is 10.1 Å². The van der Waals surface area contributed by atoms with E-state index in [1.807, 2.05) is 0 Å². The molecule has 10 heteroatoms. The third-order valence-corrected chi connectivity index (χ3v) is 4.43. The zero-order valence-electron chi connectivity index (χ0n) is 15.6. The Bertz CT molecular complexity index is 1270. The maximum Gasteiger partial charge on any atom is 0.261 e. The molecule has 4 aromatic rings. The van der Waals surface area contributed by atoms with E-state index in [2.05, 4.69) is 10.3 Å². The van der Waals surface area contributed by atoms with Crippen LogP contribution >= 0.6 is 0 Å². The van der Waals surface area contributed by atoms with Crippen molar-refractivity contribution in [2.75, 3.05) is 12.4 Å². The minimum Gasteiger partial charge on any atom is -0.495 e. The summed E-state index contributed by atoms with van der Waals surface area (Å²) in [6.07, 6.45) is 0. The SMILES string of the molecule is COc1ccc(-c2nc3ccccc3o2)cc1NC(=O)c1c(F)c(F)c(F)c(F)c1F. The number of ether oxygens (including phenoxy) is 1. The van der Waals surface area contributed by atoms with Gasteiger partial charge in [-0.1, -0.05) is 12.1 Å². The van der Waals surface area contributed by atoms with Gasteiger partial charge in [-0.05, 0) is 30.3 Å². The second kappa shape index (κ2) is 7.71. The van der Waals surface area contributed by atoms with E-state index in [1.165, 1.54) is 19.2 Å². The van der Waals surface area contributed by atoms with Crippen molar-refractivity contribution >= 4 is 22.7 Å². The lowest BCUT2D eigenvalue weighted by Gasteiger charge is -2.13. The van der Waals surface area contributed by atoms with E-state index < -0.39 is 40.6 Å². The number of nitrogens with one attached hydrogen (secondary N) is 1. The molecular formula is C21H11F5N2O3. The van der Waals surface area contributed by atoms with Gasteiger partial charge in [0.25, 0.3) is 5.91 Å². The standard InChI is InChI=1S/C21H11F5N2O3/c1-30-12-7-6-9(21-28-10-4-2-3-5-13(10)31-21)8-11(12)27-20(29)14-15(22)17(24)19(26)18(25)16(14)23/h2-8H,1H3,(H,27,29). The molecule has 0 fully saturated rings. The number of anilines is 1. The number of para-hydroxylation sites is 2. The molecule has 0 saturated carbocycles. The van der Waals surface area contributed by atoms with E-state index in [-0.39, 0.29) is 17.3 Å². The predicted octanol–water partition coefficient (Wildman–Crippen LogP) is 5.45. The molecule has 0 aliphatic heterocycles. The number of hydrogen-bond donors (Lipinski definition) is 1. The van der Waals surface area contributed by atoms with Gasteiger partial charge in [-0.2, -0.15) is 0 Å². The zero-order valence-corrected chi connectivity index (χ0v) is 15.6. The summed E-state index contributed by atoms with van der Waals surface area (Å²) in [6, 6.07) is 11.2. The van der Waals surface area contributed by atoms with Gasteiger partial charge in [-0.15, -0.1) is 0 Å². The van der Waals surface area contributed by atoms with Gasteiger partial charge in [-0.3, -0.25) is 4.79 Å². The van der Waals surface area contributed by atoms with Crippen molar-refractivity contribution in [2.45, 2.75) is 0 Å². The highest BCUT2D eigenvalue weighted by Gasteiger charge is 2.30. The number of aromatic nitrogens is 1. The van der Waals surface area contributed by atoms with Crippen molar-refractivity contribution < 1.29 is 35.9 Å². The molecule has 0 bridgehead atoms. The number of amides is 1. The van der Waals surface area contributed by atoms with Gasteiger partial charge in [0.05, 0.1) is 12.8 Å². The minimum absolute atomic E-state index is 0.0667. The largest absolute Gasteiger partial charge is 0.495 e. The Kier molecular flexibility index (Phi) is 5.05. The smallest absolute Gasteiger partial charge is 0.261 e. The molecule has 0 atom stereocenters. The Balaban J connectivity index is 1.75. The predicted molar refractivity (Wildman–Crippen MR) is 100 cm³/mol. The number of fused-ring (bicyclic) bond motifs is 1. The Labute approximate surface area is 171 Å². The fourth-order valence-corrected chi connectivity index (χ4v) is 2.92. The summed E-state index contributed by atoms with van der Waals surface area (Å²) in [5.74, 6) is -12.6. The highest BCUT2D eigenvalue weighted by molar-refractivity contribution is 6.05. The molecule has 0 aliphatic rings. The average Bonchev–Trinajstić information content (AvgIpc) is 3.21. The molecule has 158 valence electrons. The molecule has 31 heavy (non-hydrogen) atoms. The molecule has 0 aliphatic carbocycles. The second-order valence-corrected chi connectivity index (χ2v) is 6.30. The first-order chi connectivity index (χ1) is 14.8. The quantitative estimate of drug-likeness (QED) is 0.264. The van der Waals surface area contributed by atoms with Gasteiger partial charge < -0.3 is 14.5 Å². The number of carbonyl (C=O) groups is 1. The van der Waals surface area contributed by atoms with Crippen LogP contribution in [0, 0.1) is 29.1 Å². The number of hydrogen-bond acceptors (Lipinski definition) is 4. The molecule has 0 radical (unpaired) electrons. The van der Waals surface area contributed by atoms with E-state index in [0.717, 1.165) is 0 Å². The summed E-state index contributed by atoms with van der Waals surface area (Å²) in [5.41, 5.74) is -0.285. The number of benzene rings is 3. The van der Waals surface area contributed by atoms with Gasteiger partial charge in [0.1, 0.15) is 16.8 Å². The zero-order chi connectivity index (χ0) is 22.3. The fourth-order valence-electron chi connectivity index (χ4n) is 2.92. The van der Waals surface area contributed by atoms with Crippen LogP contribution in [0.2, 0.25) is 0 Å². The van der Waals surface area contributed by atoms with Crippen molar-refractivity contribution in [2.24, 2.45) is 0 Å². The molecule has 4 rings (SSSR count). The lowest BCUT2D eigenvalue weighted by Crippen LogP contribution is -2.19. The first kappa shape index (κ1) is 20.3. The number of oxazole rings is 1. The third-order valence-electron chi connectivity index (χ3n) is 4.43. The normalized spacial score (nSPS) is 11.0. The van der Waals surface area contributed by atoms with Crippen LogP contribution in [-0.2, 0) is 0 Å². The van der Waals surface area contributed by atoms with Gasteiger partial charge >= 0.3 is 0 Å². The number of halogens is 5. The van der Waals surface area contributed by atoms with E-state index >= 15 is 0 Å². The van der Waals surface area contributed by atoms with Crippen LogP contribution in [0.5, 0.6) is 5.75 Å². The Morgan fingerprint density at radius 2 is 1.58 bits per heavy atom. The highest BCUT2D eigenvalue weighted by atomic mass is 19.2. The average molecular weight is 434 g/mol. The first-order valence-corrected chi connectivity index (χ1v) is 8.68. The van der Waals surface area contributed by atoms with Gasteiger partial charge in [0.2, 0.25) is 11.7 Å². The van der Waals surface area contributed by atoms with Crippen LogP contribution in [0.4, 0.5) is 27.6 Å². The Hall–Kier alpha value is -3.95. The summed E-state index contributed by atoms with van der Waals surface area (Å²) in [5, 5.41) is 2.11. The van der Waals surface area contributed by atoms with E-state index in [9.17, 15) is 26.7 Å². The fraction of sp³-hybridized carbons (Fsp3) is 0.0476. The Morgan fingerprint density at radius 1 is 0.935 bits per heavy atom. The molecule has 0 unspecified atom stereocenters. The molecule has 1 aromatic heterocycles. The summed E-state index contributed by atoms with van der Waals surface area (Å²) < 4.78 is 78.8. The van der Waals surface area contributed by atoms with Crippen LogP contribution in [0.3, 0.4) is 0 Å². The van der Waals surface area contributed by atoms with Crippen molar-refractivity contribution in [3.8, 4) is 17.2 Å². The number of methoxy groups -OCH3 is 1. The molecule has 0 saturated heterocycles. The third kappa shape index (κ3) is 3.45. The topological polar surface area (TPSA) is 64.4 Å². The maximum absolute atomic E-state index is 14.0. The van der Waals surface area contributed by atoms with Crippen molar-refractivity contribution in [3.05, 3.63) is 77.1 Å². The monoisotopic (exact) mass is 434 g/mol. The number of nitrogens with zero attached hydrogens (tertiary/aromatic N) is 1. The van der Waals surface area contributed by atoms with Crippen molar-refractivity contribution in [1.29, 1.82) is 0 Å². The van der Waals surface area contributed by atoms with Crippen molar-refractivity contribution in [3.63, 3.8) is 0 Å². The van der Waals surface area contributed by atoms with E-state index in [4.69, 9.17) is 9.15 Å². The molecule has 1 amide bonds. The molecule has 0 spiro atoms. The van der Waals surface area contributed by atoms with Crippen LogP contribution in [-0.4, -0.2) is 18.0 Å². The van der Waals surface area contributed by atoms with Crippen LogP contribution in [0.15, 0.2) is 46.9 Å². The Morgan fingerprint density at radius 3 is 2.23 bits per heavy atom. The van der Waals surface area contributed by atoms with Crippen molar-refractivity contribution in [1.82, 2.24) is 4.98 Å². The highest BCUT2D eigenvalue weighted by Crippen LogP contribution is 2.33. The first-order valence-electron chi connectivity index (χ1n) is 8.68. The number of rotatable bonds is 4. The van der Waals surface area contributed by atoms with Gasteiger partial charge in [0.15, 0.2) is 28.9 Å². The van der Waals surface area contributed by atoms with Crippen LogP contribution in [0.1, 0.15) is 10.4 Å². The molecule has 1 N–H and O–H groups in total. The van der Waals surface area contributed by atoms with Crippen LogP contribution in [0.25, 0.3) is 22.6 Å². The lowest BCUT2D eigenvalue weighted by atomic mass is 10.1. The second-order valence-electron chi connectivity index (χ2n) is 6.30. The molecular weight excluding hydrogens is 423 g/mol. The lowest BCUT2D eigenvalue weighted by molar-refractivity contribution is 0.101. The minimum atomic E-state index is -2.36. The molecule has 1 heterocycles. The maximum atomic E-state index is 14.0. The summed E-state index contributed by atoms with van der Waals surface area (Å²) >= 11 is 0. The van der Waals surface area contributed by atoms with Gasteiger partial charge in [0, 0.05) is 5.56 Å². The summed E-state index contributed by atoms with van der Waals surface area (Å²) in [7, 11) is 1.27. The summed E-state index contributed by atoms with van der Waals surface area (Å²) in [4.78, 5) is 16.7. The number of carbonyl (C=O) groups excluding carboxylic acids is 1. The van der Waals surface area contributed by atoms with E-state index in [1.54, 1.807) is 30.3 Å². The molecule has 3 aromatic carbocycles. The molecule has 5 nitrogen and oxygen atoms in total. The summed E-state index contributed by atoms with van der Waals surface area (Å²) in [6.45, 7) is 0. The van der Waals surface area contributed by atoms with Gasteiger partial charge in [-0.25, -0.2) is 26.9 Å². The van der Waals surface area contributed by atoms with E-state index in [0.29, 0.717) is 16.7 Å².